The summed E-state index contributed by atoms with van der Waals surface area (Å²) in [5.41, 5.74) is 2.95. The van der Waals surface area contributed by atoms with Crippen molar-refractivity contribution in [3.63, 3.8) is 0 Å². The van der Waals surface area contributed by atoms with Crippen molar-refractivity contribution in [3.8, 4) is 0 Å². The number of thioether (sulfide) groups is 1. The summed E-state index contributed by atoms with van der Waals surface area (Å²) in [4.78, 5) is 0. The van der Waals surface area contributed by atoms with Crippen LogP contribution < -0.4 is 0 Å². The number of nitrogens with zero attached hydrogens (tertiary/aromatic N) is 2. The van der Waals surface area contributed by atoms with Crippen LogP contribution in [0.2, 0.25) is 0 Å². The summed E-state index contributed by atoms with van der Waals surface area (Å²) in [5, 5.41) is 8.39. The van der Waals surface area contributed by atoms with Crippen LogP contribution in [0.3, 0.4) is 0 Å². The van der Waals surface area contributed by atoms with Gasteiger partial charge in [-0.2, -0.15) is 11.8 Å². The van der Waals surface area contributed by atoms with Crippen LogP contribution in [0.5, 0.6) is 0 Å². The van der Waals surface area contributed by atoms with Crippen LogP contribution in [0.4, 0.5) is 0 Å². The van der Waals surface area contributed by atoms with Gasteiger partial charge in [0.05, 0.1) is 0 Å². The molecule has 1 fully saturated rings. The zero-order valence-electron chi connectivity index (χ0n) is 9.46. The second-order valence-electron chi connectivity index (χ2n) is 4.21. The average Bonchev–Trinajstić information content (AvgIpc) is 2.85. The van der Waals surface area contributed by atoms with E-state index in [1.54, 1.807) is 0 Å². The lowest BCUT2D eigenvalue weighted by Crippen LogP contribution is -2.17. The molecule has 1 aromatic heterocycles. The maximum atomic E-state index is 5.35. The van der Waals surface area contributed by atoms with Crippen molar-refractivity contribution in [1.82, 2.24) is 10.3 Å². The molecule has 1 saturated heterocycles. The SMILES string of the molecule is c1cc2nonc2cc1CSC1CCOCC1. The van der Waals surface area contributed by atoms with E-state index in [2.05, 4.69) is 22.4 Å². The van der Waals surface area contributed by atoms with Gasteiger partial charge in [-0.3, -0.25) is 0 Å². The third-order valence-corrected chi connectivity index (χ3v) is 4.42. The van der Waals surface area contributed by atoms with Crippen LogP contribution in [0.1, 0.15) is 18.4 Å². The highest BCUT2D eigenvalue weighted by molar-refractivity contribution is 7.99. The fourth-order valence-electron chi connectivity index (χ4n) is 1.97. The Morgan fingerprint density at radius 1 is 1.18 bits per heavy atom. The fraction of sp³-hybridized carbons (Fsp3) is 0.500. The summed E-state index contributed by atoms with van der Waals surface area (Å²) < 4.78 is 10.0. The van der Waals surface area contributed by atoms with E-state index in [0.29, 0.717) is 0 Å². The molecule has 0 spiro atoms. The van der Waals surface area contributed by atoms with Crippen molar-refractivity contribution in [2.75, 3.05) is 13.2 Å². The molecular weight excluding hydrogens is 236 g/mol. The van der Waals surface area contributed by atoms with Gasteiger partial charge in [-0.25, -0.2) is 4.63 Å². The molecule has 0 amide bonds. The Labute approximate surface area is 104 Å². The van der Waals surface area contributed by atoms with Gasteiger partial charge in [0, 0.05) is 24.2 Å². The molecule has 0 aliphatic carbocycles. The first-order valence-corrected chi connectivity index (χ1v) is 6.87. The van der Waals surface area contributed by atoms with Gasteiger partial charge in [-0.1, -0.05) is 6.07 Å². The van der Waals surface area contributed by atoms with Gasteiger partial charge in [0.1, 0.15) is 11.0 Å². The van der Waals surface area contributed by atoms with E-state index in [0.717, 1.165) is 35.2 Å². The van der Waals surface area contributed by atoms with E-state index < -0.39 is 0 Å². The first-order valence-electron chi connectivity index (χ1n) is 5.82. The monoisotopic (exact) mass is 250 g/mol. The smallest absolute Gasteiger partial charge is 0.135 e. The number of hydrogen-bond donors (Lipinski definition) is 0. The third-order valence-electron chi connectivity index (χ3n) is 2.97. The van der Waals surface area contributed by atoms with E-state index in [1.807, 2.05) is 17.8 Å². The predicted molar refractivity (Wildman–Crippen MR) is 66.9 cm³/mol. The molecule has 1 aliphatic heterocycles. The van der Waals surface area contributed by atoms with Crippen LogP contribution >= 0.6 is 11.8 Å². The molecular formula is C12H14N2O2S. The molecule has 0 atom stereocenters. The molecule has 3 rings (SSSR count). The molecule has 0 radical (unpaired) electrons. The Hall–Kier alpha value is -1.07. The molecule has 5 heteroatoms. The molecule has 2 aromatic rings. The summed E-state index contributed by atoms with van der Waals surface area (Å²) in [6.07, 6.45) is 2.33. The lowest BCUT2D eigenvalue weighted by molar-refractivity contribution is 0.1000. The van der Waals surface area contributed by atoms with Crippen molar-refractivity contribution in [3.05, 3.63) is 23.8 Å². The van der Waals surface area contributed by atoms with Crippen LogP contribution in [-0.4, -0.2) is 28.8 Å². The lowest BCUT2D eigenvalue weighted by atomic mass is 10.2. The second kappa shape index (κ2) is 5.06. The van der Waals surface area contributed by atoms with Gasteiger partial charge < -0.3 is 4.74 Å². The molecule has 17 heavy (non-hydrogen) atoms. The number of aromatic nitrogens is 2. The summed E-state index contributed by atoms with van der Waals surface area (Å²) in [6.45, 7) is 1.81. The highest BCUT2D eigenvalue weighted by Gasteiger charge is 2.14. The number of benzene rings is 1. The van der Waals surface area contributed by atoms with Crippen molar-refractivity contribution >= 4 is 22.8 Å². The van der Waals surface area contributed by atoms with Crippen molar-refractivity contribution in [2.24, 2.45) is 0 Å². The molecule has 0 N–H and O–H groups in total. The van der Waals surface area contributed by atoms with Crippen LogP contribution in [0.15, 0.2) is 22.8 Å². The van der Waals surface area contributed by atoms with E-state index >= 15 is 0 Å². The van der Waals surface area contributed by atoms with Gasteiger partial charge in [0.25, 0.3) is 0 Å². The average molecular weight is 250 g/mol. The summed E-state index contributed by atoms with van der Waals surface area (Å²) in [6, 6.07) is 6.11. The topological polar surface area (TPSA) is 48.2 Å². The predicted octanol–water partition coefficient (Wildman–Crippen LogP) is 2.64. The second-order valence-corrected chi connectivity index (χ2v) is 5.50. The van der Waals surface area contributed by atoms with Crippen LogP contribution in [0.25, 0.3) is 11.0 Å². The summed E-state index contributed by atoms with van der Waals surface area (Å²) >= 11 is 2.00. The standard InChI is InChI=1S/C12H14N2O2S/c1-2-11-12(14-16-13-11)7-9(1)8-17-10-3-5-15-6-4-10/h1-2,7,10H,3-6,8H2. The molecule has 0 bridgehead atoms. The van der Waals surface area contributed by atoms with Crippen LogP contribution in [-0.2, 0) is 10.5 Å². The minimum Gasteiger partial charge on any atom is -0.381 e. The van der Waals surface area contributed by atoms with E-state index in [4.69, 9.17) is 9.37 Å². The maximum Gasteiger partial charge on any atom is 0.135 e. The minimum absolute atomic E-state index is 0.731. The molecule has 2 heterocycles. The Balaban J connectivity index is 1.63. The van der Waals surface area contributed by atoms with E-state index in [-0.39, 0.29) is 0 Å². The maximum absolute atomic E-state index is 5.35. The van der Waals surface area contributed by atoms with Gasteiger partial charge >= 0.3 is 0 Å². The number of rotatable bonds is 3. The zero-order chi connectivity index (χ0) is 11.5. The molecule has 0 unspecified atom stereocenters. The largest absolute Gasteiger partial charge is 0.381 e. The number of ether oxygens (including phenoxy) is 1. The van der Waals surface area contributed by atoms with Gasteiger partial charge in [0.15, 0.2) is 0 Å². The van der Waals surface area contributed by atoms with Crippen molar-refractivity contribution < 1.29 is 9.37 Å². The van der Waals surface area contributed by atoms with Gasteiger partial charge in [-0.05, 0) is 40.9 Å². The Morgan fingerprint density at radius 3 is 2.88 bits per heavy atom. The van der Waals surface area contributed by atoms with Crippen molar-refractivity contribution in [2.45, 2.75) is 23.8 Å². The first kappa shape index (κ1) is 11.0. The van der Waals surface area contributed by atoms with Crippen LogP contribution in [0, 0.1) is 0 Å². The van der Waals surface area contributed by atoms with Gasteiger partial charge in [0.2, 0.25) is 0 Å². The molecule has 0 saturated carbocycles. The van der Waals surface area contributed by atoms with E-state index in [1.165, 1.54) is 18.4 Å². The minimum atomic E-state index is 0.731. The fourth-order valence-corrected chi connectivity index (χ4v) is 3.11. The summed E-state index contributed by atoms with van der Waals surface area (Å²) in [7, 11) is 0. The molecule has 90 valence electrons. The molecule has 1 aliphatic rings. The zero-order valence-corrected chi connectivity index (χ0v) is 10.3. The Kier molecular flexibility index (Phi) is 3.29. The quantitative estimate of drug-likeness (QED) is 0.838. The normalized spacial score (nSPS) is 17.6. The Morgan fingerprint density at radius 2 is 2.00 bits per heavy atom. The molecule has 4 nitrogen and oxygen atoms in total. The molecule has 1 aromatic carbocycles. The Bertz CT molecular complexity index is 494. The highest BCUT2D eigenvalue weighted by atomic mass is 32.2. The first-order chi connectivity index (χ1) is 8.42. The lowest BCUT2D eigenvalue weighted by Gasteiger charge is -2.21. The number of hydrogen-bond acceptors (Lipinski definition) is 5. The van der Waals surface area contributed by atoms with Crippen molar-refractivity contribution in [1.29, 1.82) is 0 Å². The number of fused-ring (bicyclic) bond motifs is 1. The summed E-state index contributed by atoms with van der Waals surface area (Å²) in [5.74, 6) is 1.02. The van der Waals surface area contributed by atoms with E-state index in [9.17, 15) is 0 Å². The third kappa shape index (κ3) is 2.61. The highest BCUT2D eigenvalue weighted by Crippen LogP contribution is 2.26. The van der Waals surface area contributed by atoms with Gasteiger partial charge in [-0.15, -0.1) is 0 Å².